The van der Waals surface area contributed by atoms with Crippen LogP contribution in [0, 0.1) is 5.82 Å². The topological polar surface area (TPSA) is 25.8 Å². The van der Waals surface area contributed by atoms with Crippen molar-refractivity contribution in [2.24, 2.45) is 0 Å². The zero-order valence-electron chi connectivity index (χ0n) is 5.66. The Kier molecular flexibility index (Phi) is 1.28. The molecule has 0 aromatic carbocycles. The molecule has 2 heterocycles. The van der Waals surface area contributed by atoms with Gasteiger partial charge in [-0.05, 0) is 12.1 Å². The van der Waals surface area contributed by atoms with E-state index in [0.29, 0.717) is 5.52 Å². The van der Waals surface area contributed by atoms with Crippen molar-refractivity contribution in [1.82, 2.24) is 9.97 Å². The van der Waals surface area contributed by atoms with E-state index in [1.807, 2.05) is 0 Å². The van der Waals surface area contributed by atoms with Crippen molar-refractivity contribution in [1.29, 1.82) is 0 Å². The van der Waals surface area contributed by atoms with Crippen LogP contribution in [0.1, 0.15) is 0 Å². The molecular formula is C8H5FN2. The number of rotatable bonds is 0. The summed E-state index contributed by atoms with van der Waals surface area (Å²) in [7, 11) is 0. The van der Waals surface area contributed by atoms with Crippen molar-refractivity contribution < 1.29 is 4.39 Å². The van der Waals surface area contributed by atoms with E-state index in [0.717, 1.165) is 5.39 Å². The van der Waals surface area contributed by atoms with Gasteiger partial charge in [-0.3, -0.25) is 9.97 Å². The highest BCUT2D eigenvalue weighted by Gasteiger charge is 1.94. The molecule has 0 radical (unpaired) electrons. The molecule has 54 valence electrons. The zero-order valence-corrected chi connectivity index (χ0v) is 5.66. The van der Waals surface area contributed by atoms with Gasteiger partial charge in [0.25, 0.3) is 0 Å². The summed E-state index contributed by atoms with van der Waals surface area (Å²) in [5.41, 5.74) is 0.717. The van der Waals surface area contributed by atoms with E-state index in [9.17, 15) is 4.39 Å². The maximum Gasteiger partial charge on any atom is 0.142 e. The second kappa shape index (κ2) is 2.27. The summed E-state index contributed by atoms with van der Waals surface area (Å²) in [6.07, 6.45) is 4.40. The lowest BCUT2D eigenvalue weighted by molar-refractivity contribution is 0.624. The second-order valence-corrected chi connectivity index (χ2v) is 2.22. The van der Waals surface area contributed by atoms with E-state index >= 15 is 0 Å². The van der Waals surface area contributed by atoms with Crippen LogP contribution in [0.3, 0.4) is 0 Å². The predicted molar refractivity (Wildman–Crippen MR) is 39.5 cm³/mol. The highest BCUT2D eigenvalue weighted by molar-refractivity contribution is 5.76. The van der Waals surface area contributed by atoms with Crippen molar-refractivity contribution in [3.05, 3.63) is 36.5 Å². The third kappa shape index (κ3) is 1.05. The number of aromatic nitrogens is 2. The summed E-state index contributed by atoms with van der Waals surface area (Å²) < 4.78 is 12.6. The van der Waals surface area contributed by atoms with Gasteiger partial charge in [0.2, 0.25) is 0 Å². The number of fused-ring (bicyclic) bond motifs is 1. The number of nitrogens with zero attached hydrogens (tertiary/aromatic N) is 2. The van der Waals surface area contributed by atoms with Crippen molar-refractivity contribution in [3.63, 3.8) is 0 Å². The predicted octanol–water partition coefficient (Wildman–Crippen LogP) is 1.77. The molecule has 0 bridgehead atoms. The van der Waals surface area contributed by atoms with Gasteiger partial charge >= 0.3 is 0 Å². The van der Waals surface area contributed by atoms with Gasteiger partial charge < -0.3 is 0 Å². The number of hydrogen-bond acceptors (Lipinski definition) is 2. The molecule has 0 aliphatic rings. The summed E-state index contributed by atoms with van der Waals surface area (Å²) in [4.78, 5) is 7.70. The van der Waals surface area contributed by atoms with Crippen LogP contribution in [-0.2, 0) is 0 Å². The maximum absolute atomic E-state index is 12.6. The van der Waals surface area contributed by atoms with Crippen LogP contribution in [0.4, 0.5) is 4.39 Å². The average Bonchev–Trinajstić information content (AvgIpc) is 2.04. The fraction of sp³-hybridized carbons (Fsp3) is 0. The molecule has 0 amide bonds. The van der Waals surface area contributed by atoms with Crippen LogP contribution in [0.15, 0.2) is 30.7 Å². The molecule has 11 heavy (non-hydrogen) atoms. The van der Waals surface area contributed by atoms with Gasteiger partial charge in [-0.25, -0.2) is 4.39 Å². The van der Waals surface area contributed by atoms with Gasteiger partial charge in [0.1, 0.15) is 5.82 Å². The minimum Gasteiger partial charge on any atom is -0.262 e. The molecule has 0 aliphatic heterocycles. The first-order valence-electron chi connectivity index (χ1n) is 3.21. The molecule has 3 heteroatoms. The minimum atomic E-state index is -0.316. The van der Waals surface area contributed by atoms with E-state index in [2.05, 4.69) is 9.97 Å². The van der Waals surface area contributed by atoms with Crippen LogP contribution < -0.4 is 0 Å². The van der Waals surface area contributed by atoms with Crippen LogP contribution in [0.5, 0.6) is 0 Å². The molecule has 2 nitrogen and oxygen atoms in total. The lowest BCUT2D eigenvalue weighted by atomic mass is 10.3. The largest absolute Gasteiger partial charge is 0.262 e. The zero-order chi connectivity index (χ0) is 7.68. The molecule has 0 atom stereocenters. The maximum atomic E-state index is 12.6. The van der Waals surface area contributed by atoms with Crippen molar-refractivity contribution in [2.75, 3.05) is 0 Å². The fourth-order valence-electron chi connectivity index (χ4n) is 0.944. The SMILES string of the molecule is Fc1cnc2cnccc2c1. The van der Waals surface area contributed by atoms with Crippen molar-refractivity contribution >= 4 is 10.9 Å². The fourth-order valence-corrected chi connectivity index (χ4v) is 0.944. The standard InChI is InChI=1S/C8H5FN2/c9-7-3-6-1-2-10-5-8(6)11-4-7/h1-5H. The molecule has 0 saturated carbocycles. The van der Waals surface area contributed by atoms with Gasteiger partial charge in [-0.15, -0.1) is 0 Å². The van der Waals surface area contributed by atoms with Crippen molar-refractivity contribution in [2.45, 2.75) is 0 Å². The first-order valence-corrected chi connectivity index (χ1v) is 3.21. The van der Waals surface area contributed by atoms with Gasteiger partial charge in [-0.1, -0.05) is 0 Å². The molecule has 0 spiro atoms. The van der Waals surface area contributed by atoms with E-state index in [1.165, 1.54) is 12.3 Å². The van der Waals surface area contributed by atoms with Gasteiger partial charge in [0.15, 0.2) is 0 Å². The van der Waals surface area contributed by atoms with Gasteiger partial charge in [-0.2, -0.15) is 0 Å². The van der Waals surface area contributed by atoms with E-state index < -0.39 is 0 Å². The highest BCUT2D eigenvalue weighted by Crippen LogP contribution is 2.09. The molecule has 0 N–H and O–H groups in total. The Balaban J connectivity index is 2.83. The van der Waals surface area contributed by atoms with Gasteiger partial charge in [0.05, 0.1) is 17.9 Å². The van der Waals surface area contributed by atoms with Crippen molar-refractivity contribution in [3.8, 4) is 0 Å². The first kappa shape index (κ1) is 6.22. The van der Waals surface area contributed by atoms with Crippen LogP contribution >= 0.6 is 0 Å². The number of halogens is 1. The normalized spacial score (nSPS) is 10.3. The Hall–Kier alpha value is -1.51. The van der Waals surface area contributed by atoms with E-state index in [-0.39, 0.29) is 5.82 Å². The molecule has 2 aromatic rings. The third-order valence-electron chi connectivity index (χ3n) is 1.45. The minimum absolute atomic E-state index is 0.316. The summed E-state index contributed by atoms with van der Waals surface area (Å²) in [6.45, 7) is 0. The molecule has 0 fully saturated rings. The Morgan fingerprint density at radius 2 is 2.18 bits per heavy atom. The molecule has 2 rings (SSSR count). The lowest BCUT2D eigenvalue weighted by Crippen LogP contribution is -1.81. The average molecular weight is 148 g/mol. The van der Waals surface area contributed by atoms with E-state index in [1.54, 1.807) is 18.5 Å². The quantitative estimate of drug-likeness (QED) is 0.569. The van der Waals surface area contributed by atoms with Gasteiger partial charge in [0, 0.05) is 11.6 Å². The highest BCUT2D eigenvalue weighted by atomic mass is 19.1. The summed E-state index contributed by atoms with van der Waals surface area (Å²) in [6, 6.07) is 3.16. The number of hydrogen-bond donors (Lipinski definition) is 0. The molecule has 0 saturated heterocycles. The monoisotopic (exact) mass is 148 g/mol. The Labute approximate surface area is 62.7 Å². The lowest BCUT2D eigenvalue weighted by Gasteiger charge is -1.93. The van der Waals surface area contributed by atoms with Crippen LogP contribution in [-0.4, -0.2) is 9.97 Å². The van der Waals surface area contributed by atoms with E-state index in [4.69, 9.17) is 0 Å². The molecule has 2 aromatic heterocycles. The smallest absolute Gasteiger partial charge is 0.142 e. The Morgan fingerprint density at radius 3 is 3.09 bits per heavy atom. The Bertz CT molecular complexity index is 387. The molecular weight excluding hydrogens is 143 g/mol. The van der Waals surface area contributed by atoms with Crippen LogP contribution in [0.25, 0.3) is 10.9 Å². The molecule has 0 aliphatic carbocycles. The first-order chi connectivity index (χ1) is 5.36. The Morgan fingerprint density at radius 1 is 1.27 bits per heavy atom. The summed E-state index contributed by atoms with van der Waals surface area (Å²) in [5, 5.41) is 0.778. The van der Waals surface area contributed by atoms with Crippen LogP contribution in [0.2, 0.25) is 0 Å². The summed E-state index contributed by atoms with van der Waals surface area (Å²) in [5.74, 6) is -0.316. The summed E-state index contributed by atoms with van der Waals surface area (Å²) >= 11 is 0. The third-order valence-corrected chi connectivity index (χ3v) is 1.45. The second-order valence-electron chi connectivity index (χ2n) is 2.22. The number of pyridine rings is 2. The molecule has 0 unspecified atom stereocenters.